The molecule has 0 rings (SSSR count). The Hall–Kier alpha value is -2.04. The van der Waals surface area contributed by atoms with Gasteiger partial charge in [0.1, 0.15) is 6.29 Å². The molecule has 0 aromatic carbocycles. The Labute approximate surface area is 153 Å². The molecule has 10 heteroatoms. The highest BCUT2D eigenvalue weighted by Gasteiger charge is 2.04. The second kappa shape index (κ2) is 17.8. The lowest BCUT2D eigenvalue weighted by molar-refractivity contribution is -0.154. The summed E-state index contributed by atoms with van der Waals surface area (Å²) in [6.45, 7) is 2.67. The standard InChI is InChI=1S/C16H30N4O6/c21-10-4-2-1-3-5-20-14(22)11-18-8-6-17-7-9-19-12-16(25)26-13-15(23)24/h10,17-19H,1-9,11-13H2,(H,20,22)(H,23,24). The van der Waals surface area contributed by atoms with E-state index in [1.54, 1.807) is 0 Å². The molecule has 0 atom stereocenters. The fourth-order valence-electron chi connectivity index (χ4n) is 1.88. The van der Waals surface area contributed by atoms with Crippen LogP contribution in [0.15, 0.2) is 0 Å². The number of carbonyl (C=O) groups is 4. The lowest BCUT2D eigenvalue weighted by Gasteiger charge is -2.08. The Morgan fingerprint density at radius 1 is 0.846 bits per heavy atom. The Morgan fingerprint density at radius 2 is 1.50 bits per heavy atom. The first-order valence-electron chi connectivity index (χ1n) is 8.76. The maximum Gasteiger partial charge on any atom is 0.341 e. The van der Waals surface area contributed by atoms with E-state index in [0.717, 1.165) is 25.5 Å². The summed E-state index contributed by atoms with van der Waals surface area (Å²) in [5.74, 6) is -1.85. The zero-order valence-corrected chi connectivity index (χ0v) is 15.1. The number of aliphatic carboxylic acids is 1. The van der Waals surface area contributed by atoms with E-state index in [4.69, 9.17) is 5.11 Å². The molecule has 0 radical (unpaired) electrons. The summed E-state index contributed by atoms with van der Waals surface area (Å²) in [5, 5.41) is 20.1. The van der Waals surface area contributed by atoms with Crippen LogP contribution in [0, 0.1) is 0 Å². The molecule has 0 aromatic heterocycles. The minimum atomic E-state index is -1.18. The summed E-state index contributed by atoms with van der Waals surface area (Å²) in [7, 11) is 0. The van der Waals surface area contributed by atoms with Crippen LogP contribution in [0.5, 0.6) is 0 Å². The van der Waals surface area contributed by atoms with Crippen molar-refractivity contribution >= 4 is 24.1 Å². The average molecular weight is 374 g/mol. The fraction of sp³-hybridized carbons (Fsp3) is 0.750. The van der Waals surface area contributed by atoms with Crippen molar-refractivity contribution in [2.24, 2.45) is 0 Å². The van der Waals surface area contributed by atoms with Crippen LogP contribution in [0.25, 0.3) is 0 Å². The predicted octanol–water partition coefficient (Wildman–Crippen LogP) is -1.74. The van der Waals surface area contributed by atoms with Gasteiger partial charge in [0.05, 0.1) is 13.1 Å². The van der Waals surface area contributed by atoms with Gasteiger partial charge >= 0.3 is 11.9 Å². The Morgan fingerprint density at radius 3 is 2.15 bits per heavy atom. The van der Waals surface area contributed by atoms with Gasteiger partial charge in [-0.3, -0.25) is 9.59 Å². The number of unbranched alkanes of at least 4 members (excludes halogenated alkanes) is 3. The fourth-order valence-corrected chi connectivity index (χ4v) is 1.88. The number of aldehydes is 1. The van der Waals surface area contributed by atoms with Crippen LogP contribution < -0.4 is 21.3 Å². The molecule has 0 spiro atoms. The van der Waals surface area contributed by atoms with E-state index in [0.29, 0.717) is 39.1 Å². The molecule has 0 aromatic rings. The average Bonchev–Trinajstić information content (AvgIpc) is 2.61. The third-order valence-corrected chi connectivity index (χ3v) is 3.19. The Bertz CT molecular complexity index is 420. The number of ether oxygens (including phenoxy) is 1. The SMILES string of the molecule is O=CCCCCCNC(=O)CNCCNCCNCC(=O)OCC(=O)O. The van der Waals surface area contributed by atoms with Crippen molar-refractivity contribution in [1.82, 2.24) is 21.3 Å². The van der Waals surface area contributed by atoms with Crippen LogP contribution in [0.4, 0.5) is 0 Å². The summed E-state index contributed by atoms with van der Waals surface area (Å²) >= 11 is 0. The molecule has 0 saturated heterocycles. The van der Waals surface area contributed by atoms with Gasteiger partial charge in [0.2, 0.25) is 5.91 Å². The second-order valence-electron chi connectivity index (χ2n) is 5.52. The Kier molecular flexibility index (Phi) is 16.4. The monoisotopic (exact) mass is 374 g/mol. The first-order valence-corrected chi connectivity index (χ1v) is 8.76. The van der Waals surface area contributed by atoms with Crippen molar-refractivity contribution in [3.63, 3.8) is 0 Å². The van der Waals surface area contributed by atoms with E-state index in [2.05, 4.69) is 26.0 Å². The summed E-state index contributed by atoms with van der Waals surface area (Å²) < 4.78 is 4.45. The van der Waals surface area contributed by atoms with Gasteiger partial charge in [-0.1, -0.05) is 6.42 Å². The summed E-state index contributed by atoms with van der Waals surface area (Å²) in [6, 6.07) is 0. The highest BCUT2D eigenvalue weighted by Crippen LogP contribution is 1.95. The smallest absolute Gasteiger partial charge is 0.341 e. The zero-order chi connectivity index (χ0) is 19.5. The molecular formula is C16H30N4O6. The van der Waals surface area contributed by atoms with Gasteiger partial charge in [-0.15, -0.1) is 0 Å². The normalized spacial score (nSPS) is 10.3. The number of esters is 1. The van der Waals surface area contributed by atoms with E-state index in [9.17, 15) is 19.2 Å². The predicted molar refractivity (Wildman–Crippen MR) is 94.7 cm³/mol. The van der Waals surface area contributed by atoms with Crippen LogP contribution in [-0.2, 0) is 23.9 Å². The van der Waals surface area contributed by atoms with Gasteiger partial charge in [-0.25, -0.2) is 4.79 Å². The zero-order valence-electron chi connectivity index (χ0n) is 15.1. The molecule has 150 valence electrons. The number of hydrogen-bond acceptors (Lipinski definition) is 8. The van der Waals surface area contributed by atoms with Gasteiger partial charge in [-0.05, 0) is 12.8 Å². The largest absolute Gasteiger partial charge is 0.479 e. The molecule has 0 heterocycles. The van der Waals surface area contributed by atoms with Crippen LogP contribution in [0.3, 0.4) is 0 Å². The second-order valence-corrected chi connectivity index (χ2v) is 5.52. The number of carbonyl (C=O) groups excluding carboxylic acids is 3. The van der Waals surface area contributed by atoms with E-state index < -0.39 is 18.5 Å². The third kappa shape index (κ3) is 18.3. The number of carboxylic acid groups (broad SMARTS) is 1. The van der Waals surface area contributed by atoms with E-state index in [1.165, 1.54) is 0 Å². The maximum absolute atomic E-state index is 11.5. The quantitative estimate of drug-likeness (QED) is 0.107. The van der Waals surface area contributed by atoms with E-state index >= 15 is 0 Å². The molecule has 0 aliphatic rings. The summed E-state index contributed by atoms with van der Waals surface area (Å²) in [5.41, 5.74) is 0. The molecular weight excluding hydrogens is 344 g/mol. The van der Waals surface area contributed by atoms with E-state index in [1.807, 2.05) is 0 Å². The molecule has 0 aliphatic carbocycles. The highest BCUT2D eigenvalue weighted by atomic mass is 16.5. The molecule has 0 aliphatic heterocycles. The van der Waals surface area contributed by atoms with Crippen LogP contribution >= 0.6 is 0 Å². The number of carboxylic acids is 1. The summed E-state index contributed by atoms with van der Waals surface area (Å²) in [4.78, 5) is 43.0. The van der Waals surface area contributed by atoms with Crippen LogP contribution in [-0.4, -0.2) is 81.7 Å². The molecule has 26 heavy (non-hydrogen) atoms. The van der Waals surface area contributed by atoms with Gasteiger partial charge in [0, 0.05) is 39.1 Å². The first kappa shape index (κ1) is 24.0. The van der Waals surface area contributed by atoms with Crippen molar-refractivity contribution in [3.8, 4) is 0 Å². The van der Waals surface area contributed by atoms with Crippen LogP contribution in [0.1, 0.15) is 25.7 Å². The number of amides is 1. The molecule has 5 N–H and O–H groups in total. The first-order chi connectivity index (χ1) is 12.6. The molecule has 0 bridgehead atoms. The lowest BCUT2D eigenvalue weighted by atomic mass is 10.2. The molecule has 10 nitrogen and oxygen atoms in total. The maximum atomic E-state index is 11.5. The van der Waals surface area contributed by atoms with Gasteiger partial charge in [0.25, 0.3) is 0 Å². The third-order valence-electron chi connectivity index (χ3n) is 3.19. The Balaban J connectivity index is 3.27. The number of nitrogens with one attached hydrogen (secondary N) is 4. The van der Waals surface area contributed by atoms with Gasteiger partial charge < -0.3 is 35.9 Å². The topological polar surface area (TPSA) is 146 Å². The van der Waals surface area contributed by atoms with E-state index in [-0.39, 0.29) is 19.0 Å². The number of rotatable bonds is 18. The minimum Gasteiger partial charge on any atom is -0.479 e. The van der Waals surface area contributed by atoms with Gasteiger partial charge in [0.15, 0.2) is 6.61 Å². The van der Waals surface area contributed by atoms with Crippen molar-refractivity contribution in [3.05, 3.63) is 0 Å². The van der Waals surface area contributed by atoms with Crippen molar-refractivity contribution in [1.29, 1.82) is 0 Å². The molecule has 1 amide bonds. The van der Waals surface area contributed by atoms with Gasteiger partial charge in [-0.2, -0.15) is 0 Å². The highest BCUT2D eigenvalue weighted by molar-refractivity contribution is 5.78. The molecule has 0 unspecified atom stereocenters. The lowest BCUT2D eigenvalue weighted by Crippen LogP contribution is -2.38. The van der Waals surface area contributed by atoms with Crippen molar-refractivity contribution in [2.45, 2.75) is 25.7 Å². The van der Waals surface area contributed by atoms with Crippen LogP contribution in [0.2, 0.25) is 0 Å². The van der Waals surface area contributed by atoms with Crippen molar-refractivity contribution in [2.75, 3.05) is 52.4 Å². The van der Waals surface area contributed by atoms with Crippen molar-refractivity contribution < 1.29 is 29.0 Å². The molecule has 0 fully saturated rings. The minimum absolute atomic E-state index is 0.0392. The number of hydrogen-bond donors (Lipinski definition) is 5. The molecule has 0 saturated carbocycles. The summed E-state index contributed by atoms with van der Waals surface area (Å²) in [6.07, 6.45) is 4.15.